The first-order valence-corrected chi connectivity index (χ1v) is 4.35. The van der Waals surface area contributed by atoms with Gasteiger partial charge in [-0.25, -0.2) is 4.98 Å². The van der Waals surface area contributed by atoms with Crippen molar-refractivity contribution in [2.24, 2.45) is 0 Å². The fraction of sp³-hybridized carbons (Fsp3) is 0.333. The molecule has 1 aromatic rings. The predicted molar refractivity (Wildman–Crippen MR) is 51.0 cm³/mol. The molecule has 6 heteroatoms. The van der Waals surface area contributed by atoms with Gasteiger partial charge in [-0.2, -0.15) is 0 Å². The maximum atomic E-state index is 11.3. The first-order chi connectivity index (χ1) is 7.24. The molecule has 1 rings (SSSR count). The number of nitrogens with one attached hydrogen (secondary N) is 1. The fourth-order valence-electron chi connectivity index (χ4n) is 0.887. The summed E-state index contributed by atoms with van der Waals surface area (Å²) in [5.74, 6) is -0.721. The highest BCUT2D eigenvalue weighted by molar-refractivity contribution is 5.92. The lowest BCUT2D eigenvalue weighted by Crippen LogP contribution is -2.27. The van der Waals surface area contributed by atoms with Crippen molar-refractivity contribution in [1.82, 2.24) is 15.3 Å². The van der Waals surface area contributed by atoms with Crippen molar-refractivity contribution in [3.63, 3.8) is 0 Å². The summed E-state index contributed by atoms with van der Waals surface area (Å²) in [6, 6.07) is 0. The maximum absolute atomic E-state index is 11.3. The molecular formula is C9H11N3O3. The van der Waals surface area contributed by atoms with Gasteiger partial charge in [0.25, 0.3) is 5.91 Å². The van der Waals surface area contributed by atoms with Crippen LogP contribution in [-0.2, 0) is 9.53 Å². The Morgan fingerprint density at radius 2 is 2.27 bits per heavy atom. The molecule has 1 N–H and O–H groups in total. The molecule has 0 aliphatic rings. The molecule has 15 heavy (non-hydrogen) atoms. The summed E-state index contributed by atoms with van der Waals surface area (Å²) in [4.78, 5) is 29.6. The molecule has 0 saturated heterocycles. The second-order valence-corrected chi connectivity index (χ2v) is 2.67. The highest BCUT2D eigenvalue weighted by Gasteiger charge is 2.07. The van der Waals surface area contributed by atoms with Gasteiger partial charge in [0.2, 0.25) is 0 Å². The van der Waals surface area contributed by atoms with Gasteiger partial charge in [0.15, 0.2) is 0 Å². The van der Waals surface area contributed by atoms with Crippen molar-refractivity contribution < 1.29 is 14.3 Å². The molecule has 0 atom stereocenters. The summed E-state index contributed by atoms with van der Waals surface area (Å²) in [5, 5.41) is 2.52. The van der Waals surface area contributed by atoms with Crippen LogP contribution >= 0.6 is 0 Å². The summed E-state index contributed by atoms with van der Waals surface area (Å²) in [6.45, 7) is 0.224. The SMILES string of the molecule is COC(=O)CCNC(=O)c1cnccn1. The number of nitrogens with zero attached hydrogens (tertiary/aromatic N) is 2. The number of esters is 1. The van der Waals surface area contributed by atoms with Crippen LogP contribution in [0.2, 0.25) is 0 Å². The quantitative estimate of drug-likeness (QED) is 0.693. The number of carbonyl (C=O) groups excluding carboxylic acids is 2. The Kier molecular flexibility index (Phi) is 4.21. The summed E-state index contributed by atoms with van der Waals surface area (Å²) in [7, 11) is 1.30. The molecule has 0 unspecified atom stereocenters. The lowest BCUT2D eigenvalue weighted by Gasteiger charge is -2.02. The van der Waals surface area contributed by atoms with Gasteiger partial charge >= 0.3 is 5.97 Å². The van der Waals surface area contributed by atoms with Gasteiger partial charge in [-0.05, 0) is 0 Å². The fourth-order valence-corrected chi connectivity index (χ4v) is 0.887. The van der Waals surface area contributed by atoms with E-state index < -0.39 is 0 Å². The molecule has 0 aliphatic heterocycles. The zero-order chi connectivity index (χ0) is 11.1. The van der Waals surface area contributed by atoms with E-state index in [-0.39, 0.29) is 30.5 Å². The number of hydrogen-bond donors (Lipinski definition) is 1. The molecule has 1 amide bonds. The number of rotatable bonds is 4. The number of aromatic nitrogens is 2. The van der Waals surface area contributed by atoms with Crippen LogP contribution in [0.25, 0.3) is 0 Å². The van der Waals surface area contributed by atoms with Gasteiger partial charge in [-0.15, -0.1) is 0 Å². The molecule has 0 fully saturated rings. The Labute approximate surface area is 86.7 Å². The van der Waals surface area contributed by atoms with E-state index >= 15 is 0 Å². The number of hydrogen-bond acceptors (Lipinski definition) is 5. The Morgan fingerprint density at radius 1 is 1.47 bits per heavy atom. The van der Waals surface area contributed by atoms with Crippen molar-refractivity contribution in [1.29, 1.82) is 0 Å². The largest absolute Gasteiger partial charge is 0.469 e. The third-order valence-electron chi connectivity index (χ3n) is 1.64. The first kappa shape index (κ1) is 11.1. The molecule has 0 radical (unpaired) electrons. The van der Waals surface area contributed by atoms with Gasteiger partial charge in [-0.3, -0.25) is 14.6 Å². The number of carbonyl (C=O) groups is 2. The van der Waals surface area contributed by atoms with E-state index in [1.165, 1.54) is 25.7 Å². The van der Waals surface area contributed by atoms with Gasteiger partial charge in [-0.1, -0.05) is 0 Å². The topological polar surface area (TPSA) is 81.2 Å². The van der Waals surface area contributed by atoms with E-state index in [1.54, 1.807) is 0 Å². The molecule has 0 spiro atoms. The van der Waals surface area contributed by atoms with Crippen LogP contribution < -0.4 is 5.32 Å². The van der Waals surface area contributed by atoms with Crippen LogP contribution in [0.4, 0.5) is 0 Å². The van der Waals surface area contributed by atoms with Gasteiger partial charge in [0.1, 0.15) is 5.69 Å². The molecule has 0 aromatic carbocycles. The first-order valence-electron chi connectivity index (χ1n) is 4.35. The van der Waals surface area contributed by atoms with E-state index in [9.17, 15) is 9.59 Å². The minimum absolute atomic E-state index is 0.141. The zero-order valence-corrected chi connectivity index (χ0v) is 8.27. The minimum Gasteiger partial charge on any atom is -0.469 e. The molecule has 0 aliphatic carbocycles. The van der Waals surface area contributed by atoms with E-state index in [2.05, 4.69) is 20.0 Å². The van der Waals surface area contributed by atoms with Gasteiger partial charge in [0, 0.05) is 18.9 Å². The number of amides is 1. The van der Waals surface area contributed by atoms with Crippen molar-refractivity contribution in [3.8, 4) is 0 Å². The molecule has 1 aromatic heterocycles. The second-order valence-electron chi connectivity index (χ2n) is 2.67. The number of methoxy groups -OCH3 is 1. The van der Waals surface area contributed by atoms with Crippen LogP contribution in [0.5, 0.6) is 0 Å². The van der Waals surface area contributed by atoms with Gasteiger partial charge < -0.3 is 10.1 Å². The summed E-state index contributed by atoms with van der Waals surface area (Å²) < 4.78 is 4.42. The van der Waals surface area contributed by atoms with E-state index in [0.717, 1.165) is 0 Å². The Bertz CT molecular complexity index is 340. The van der Waals surface area contributed by atoms with Crippen LogP contribution in [0.15, 0.2) is 18.6 Å². The number of ether oxygens (including phenoxy) is 1. The van der Waals surface area contributed by atoms with E-state index in [1.807, 2.05) is 0 Å². The monoisotopic (exact) mass is 209 g/mol. The summed E-state index contributed by atoms with van der Waals surface area (Å²) >= 11 is 0. The Hall–Kier alpha value is -1.98. The molecule has 0 bridgehead atoms. The normalized spacial score (nSPS) is 9.40. The van der Waals surface area contributed by atoms with Crippen molar-refractivity contribution in [3.05, 3.63) is 24.3 Å². The van der Waals surface area contributed by atoms with Crippen LogP contribution in [0.1, 0.15) is 16.9 Å². The third kappa shape index (κ3) is 3.72. The van der Waals surface area contributed by atoms with E-state index in [4.69, 9.17) is 0 Å². The molecular weight excluding hydrogens is 198 g/mol. The zero-order valence-electron chi connectivity index (χ0n) is 8.27. The van der Waals surface area contributed by atoms with Gasteiger partial charge in [0.05, 0.1) is 19.7 Å². The lowest BCUT2D eigenvalue weighted by atomic mass is 10.4. The summed E-state index contributed by atoms with van der Waals surface area (Å²) in [5.41, 5.74) is 0.224. The van der Waals surface area contributed by atoms with Crippen molar-refractivity contribution in [2.75, 3.05) is 13.7 Å². The third-order valence-corrected chi connectivity index (χ3v) is 1.64. The predicted octanol–water partition coefficient (Wildman–Crippen LogP) is -0.231. The summed E-state index contributed by atoms with van der Waals surface area (Å²) in [6.07, 6.45) is 4.40. The highest BCUT2D eigenvalue weighted by Crippen LogP contribution is 1.90. The van der Waals surface area contributed by atoms with Crippen LogP contribution in [0.3, 0.4) is 0 Å². The molecule has 80 valence electrons. The van der Waals surface area contributed by atoms with E-state index in [0.29, 0.717) is 0 Å². The molecule has 0 saturated carbocycles. The lowest BCUT2D eigenvalue weighted by molar-refractivity contribution is -0.140. The van der Waals surface area contributed by atoms with Crippen molar-refractivity contribution in [2.45, 2.75) is 6.42 Å². The van der Waals surface area contributed by atoms with Crippen LogP contribution in [-0.4, -0.2) is 35.5 Å². The second kappa shape index (κ2) is 5.69. The molecule has 1 heterocycles. The smallest absolute Gasteiger partial charge is 0.307 e. The van der Waals surface area contributed by atoms with Crippen LogP contribution in [0, 0.1) is 0 Å². The average molecular weight is 209 g/mol. The Balaban J connectivity index is 2.34. The standard InChI is InChI=1S/C9H11N3O3/c1-15-8(13)2-3-12-9(14)7-6-10-4-5-11-7/h4-6H,2-3H2,1H3,(H,12,14). The average Bonchev–Trinajstić information content (AvgIpc) is 2.29. The maximum Gasteiger partial charge on any atom is 0.307 e. The molecule has 6 nitrogen and oxygen atoms in total. The Morgan fingerprint density at radius 3 is 2.87 bits per heavy atom. The highest BCUT2D eigenvalue weighted by atomic mass is 16.5. The van der Waals surface area contributed by atoms with Crippen molar-refractivity contribution >= 4 is 11.9 Å². The minimum atomic E-state index is -0.366.